The van der Waals surface area contributed by atoms with Crippen molar-refractivity contribution >= 4 is 18.0 Å². The normalized spacial score (nSPS) is 20.7. The Labute approximate surface area is 213 Å². The maximum absolute atomic E-state index is 10.3. The van der Waals surface area contributed by atoms with E-state index in [1.807, 2.05) is 12.1 Å². The van der Waals surface area contributed by atoms with Gasteiger partial charge >= 0.3 is 0 Å². The highest BCUT2D eigenvalue weighted by Crippen LogP contribution is 2.54. The molecule has 1 heterocycles. The van der Waals surface area contributed by atoms with E-state index in [0.717, 1.165) is 41.8 Å². The lowest BCUT2D eigenvalue weighted by Crippen LogP contribution is -2.33. The molecule has 1 atom stereocenters. The van der Waals surface area contributed by atoms with Gasteiger partial charge in [-0.05, 0) is 109 Å². The SMILES string of the molecule is Cl.Oc1ccc2c(c1)CCC21C=C(c2ccc(OCCN3CCCCC3)cc2)c2cc(O)ccc21. The number of nitrogens with zero attached hydrogens (tertiary/aromatic N) is 1. The van der Waals surface area contributed by atoms with Crippen molar-refractivity contribution in [3.05, 3.63) is 94.6 Å². The highest BCUT2D eigenvalue weighted by molar-refractivity contribution is 5.89. The summed E-state index contributed by atoms with van der Waals surface area (Å²) in [5.74, 6) is 1.50. The van der Waals surface area contributed by atoms with Crippen LogP contribution in [-0.2, 0) is 11.8 Å². The number of benzene rings is 3. The van der Waals surface area contributed by atoms with Crippen LogP contribution in [0.15, 0.2) is 66.7 Å². The van der Waals surface area contributed by atoms with Crippen LogP contribution >= 0.6 is 12.4 Å². The first-order valence-corrected chi connectivity index (χ1v) is 12.5. The standard InChI is InChI=1S/C30H31NO3.ClH/c32-23-6-10-28-22(18-23)12-13-30(28)20-27(26-19-24(33)7-11-29(26)30)21-4-8-25(9-5-21)34-17-16-31-14-2-1-3-15-31;/h4-11,18-20,32-33H,1-3,12-17H2;1H. The van der Waals surface area contributed by atoms with Gasteiger partial charge in [0.15, 0.2) is 0 Å². The van der Waals surface area contributed by atoms with Crippen LogP contribution in [0.5, 0.6) is 17.2 Å². The zero-order chi connectivity index (χ0) is 23.1. The first kappa shape index (κ1) is 23.8. The number of phenolic OH excluding ortho intramolecular Hbond substituents is 2. The number of ether oxygens (including phenoxy) is 1. The van der Waals surface area contributed by atoms with Gasteiger partial charge in [-0.2, -0.15) is 0 Å². The van der Waals surface area contributed by atoms with Crippen molar-refractivity contribution in [3.63, 3.8) is 0 Å². The molecule has 1 spiro atoms. The van der Waals surface area contributed by atoms with Gasteiger partial charge in [-0.25, -0.2) is 0 Å². The summed E-state index contributed by atoms with van der Waals surface area (Å²) >= 11 is 0. The van der Waals surface area contributed by atoms with Gasteiger partial charge in [0, 0.05) is 12.0 Å². The zero-order valence-corrected chi connectivity index (χ0v) is 20.7. The molecule has 0 radical (unpaired) electrons. The summed E-state index contributed by atoms with van der Waals surface area (Å²) in [5.41, 5.74) is 6.82. The smallest absolute Gasteiger partial charge is 0.119 e. The molecular weight excluding hydrogens is 458 g/mol. The molecule has 4 nitrogen and oxygen atoms in total. The van der Waals surface area contributed by atoms with E-state index in [-0.39, 0.29) is 23.6 Å². The number of fused-ring (bicyclic) bond motifs is 4. The third-order valence-corrected chi connectivity index (χ3v) is 7.81. The van der Waals surface area contributed by atoms with Gasteiger partial charge in [-0.3, -0.25) is 4.90 Å². The molecule has 0 amide bonds. The van der Waals surface area contributed by atoms with Crippen molar-refractivity contribution in [2.24, 2.45) is 0 Å². The second-order valence-corrected chi connectivity index (χ2v) is 9.88. The van der Waals surface area contributed by atoms with Crippen LogP contribution in [0, 0.1) is 0 Å². The Hall–Kier alpha value is -2.95. The number of allylic oxidation sites excluding steroid dienone is 1. The molecule has 1 saturated heterocycles. The fraction of sp³-hybridized carbons (Fsp3) is 0.333. The maximum atomic E-state index is 10.3. The van der Waals surface area contributed by atoms with E-state index in [4.69, 9.17) is 4.74 Å². The van der Waals surface area contributed by atoms with Crippen LogP contribution < -0.4 is 4.74 Å². The second kappa shape index (κ2) is 9.60. The number of halogens is 1. The largest absolute Gasteiger partial charge is 0.508 e. The molecule has 5 heteroatoms. The molecule has 1 unspecified atom stereocenters. The molecule has 2 aliphatic carbocycles. The van der Waals surface area contributed by atoms with E-state index in [0.29, 0.717) is 12.4 Å². The molecule has 3 aliphatic rings. The summed E-state index contributed by atoms with van der Waals surface area (Å²) in [5, 5.41) is 20.3. The van der Waals surface area contributed by atoms with Crippen molar-refractivity contribution in [2.75, 3.05) is 26.2 Å². The first-order valence-electron chi connectivity index (χ1n) is 12.5. The van der Waals surface area contributed by atoms with Crippen LogP contribution in [0.3, 0.4) is 0 Å². The number of piperidine rings is 1. The maximum Gasteiger partial charge on any atom is 0.119 e. The summed E-state index contributed by atoms with van der Waals surface area (Å²) in [6.07, 6.45) is 8.21. The topological polar surface area (TPSA) is 52.9 Å². The summed E-state index contributed by atoms with van der Waals surface area (Å²) < 4.78 is 6.04. The molecular formula is C30H32ClNO3. The number of rotatable bonds is 5. The molecule has 2 N–H and O–H groups in total. The van der Waals surface area contributed by atoms with Gasteiger partial charge in [0.25, 0.3) is 0 Å². The van der Waals surface area contributed by atoms with Gasteiger partial charge in [0.05, 0.1) is 0 Å². The number of likely N-dealkylation sites (tertiary alicyclic amines) is 1. The minimum Gasteiger partial charge on any atom is -0.508 e. The number of aryl methyl sites for hydroxylation is 1. The van der Waals surface area contributed by atoms with Gasteiger partial charge in [-0.15, -0.1) is 12.4 Å². The van der Waals surface area contributed by atoms with Crippen molar-refractivity contribution in [3.8, 4) is 17.2 Å². The van der Waals surface area contributed by atoms with E-state index < -0.39 is 0 Å². The molecule has 35 heavy (non-hydrogen) atoms. The van der Waals surface area contributed by atoms with E-state index in [2.05, 4.69) is 47.4 Å². The molecule has 1 aliphatic heterocycles. The van der Waals surface area contributed by atoms with Gasteiger partial charge in [0.2, 0.25) is 0 Å². The van der Waals surface area contributed by atoms with Crippen molar-refractivity contribution < 1.29 is 14.9 Å². The number of hydrogen-bond donors (Lipinski definition) is 2. The van der Waals surface area contributed by atoms with Crippen LogP contribution in [0.2, 0.25) is 0 Å². The Balaban J connectivity index is 0.00000253. The Morgan fingerprint density at radius 3 is 2.31 bits per heavy atom. The van der Waals surface area contributed by atoms with Crippen molar-refractivity contribution in [1.82, 2.24) is 4.90 Å². The van der Waals surface area contributed by atoms with E-state index in [1.54, 1.807) is 12.1 Å². The minimum atomic E-state index is -0.217. The Bertz CT molecular complexity index is 1250. The lowest BCUT2D eigenvalue weighted by molar-refractivity contribution is 0.183. The fourth-order valence-corrected chi connectivity index (χ4v) is 6.11. The Morgan fingerprint density at radius 2 is 1.54 bits per heavy atom. The minimum absolute atomic E-state index is 0. The number of aromatic hydroxyl groups is 2. The third-order valence-electron chi connectivity index (χ3n) is 7.81. The molecule has 0 aromatic heterocycles. The van der Waals surface area contributed by atoms with Gasteiger partial charge in [0.1, 0.15) is 23.9 Å². The average molecular weight is 490 g/mol. The predicted molar refractivity (Wildman–Crippen MR) is 142 cm³/mol. The van der Waals surface area contributed by atoms with Crippen molar-refractivity contribution in [2.45, 2.75) is 37.5 Å². The highest BCUT2D eigenvalue weighted by Gasteiger charge is 2.44. The average Bonchev–Trinajstić information content (AvgIpc) is 3.38. The molecule has 1 fully saturated rings. The predicted octanol–water partition coefficient (Wildman–Crippen LogP) is 6.06. The summed E-state index contributed by atoms with van der Waals surface area (Å²) in [6.45, 7) is 4.07. The van der Waals surface area contributed by atoms with Crippen LogP contribution in [0.4, 0.5) is 0 Å². The molecule has 0 saturated carbocycles. The molecule has 182 valence electrons. The molecule has 3 aromatic carbocycles. The monoisotopic (exact) mass is 489 g/mol. The first-order chi connectivity index (χ1) is 16.6. The summed E-state index contributed by atoms with van der Waals surface area (Å²) in [4.78, 5) is 2.49. The molecule has 6 rings (SSSR count). The van der Waals surface area contributed by atoms with E-state index >= 15 is 0 Å². The Kier molecular flexibility index (Phi) is 6.52. The van der Waals surface area contributed by atoms with Crippen LogP contribution in [0.1, 0.15) is 53.5 Å². The van der Waals surface area contributed by atoms with Crippen molar-refractivity contribution in [1.29, 1.82) is 0 Å². The molecule has 3 aromatic rings. The number of phenols is 2. The summed E-state index contributed by atoms with van der Waals surface area (Å²) in [6, 6.07) is 19.8. The lowest BCUT2D eigenvalue weighted by atomic mass is 9.77. The van der Waals surface area contributed by atoms with Gasteiger partial charge < -0.3 is 14.9 Å². The highest BCUT2D eigenvalue weighted by atomic mass is 35.5. The lowest BCUT2D eigenvalue weighted by Gasteiger charge is -2.26. The Morgan fingerprint density at radius 1 is 0.829 bits per heavy atom. The zero-order valence-electron chi connectivity index (χ0n) is 19.9. The van der Waals surface area contributed by atoms with Crippen LogP contribution in [-0.4, -0.2) is 41.4 Å². The summed E-state index contributed by atoms with van der Waals surface area (Å²) in [7, 11) is 0. The second-order valence-electron chi connectivity index (χ2n) is 9.88. The number of hydrogen-bond acceptors (Lipinski definition) is 4. The van der Waals surface area contributed by atoms with E-state index in [9.17, 15) is 10.2 Å². The fourth-order valence-electron chi connectivity index (χ4n) is 6.11. The van der Waals surface area contributed by atoms with E-state index in [1.165, 1.54) is 49.0 Å². The third kappa shape index (κ3) is 4.30. The molecule has 0 bridgehead atoms. The van der Waals surface area contributed by atoms with Gasteiger partial charge in [-0.1, -0.05) is 36.8 Å². The quantitative estimate of drug-likeness (QED) is 0.457. The van der Waals surface area contributed by atoms with Crippen LogP contribution in [0.25, 0.3) is 5.57 Å².